The Morgan fingerprint density at radius 3 is 2.96 bits per heavy atom. The molecule has 1 fully saturated rings. The molecule has 2 aliphatic rings. The van der Waals surface area contributed by atoms with E-state index in [2.05, 4.69) is 55.8 Å². The van der Waals surface area contributed by atoms with E-state index in [9.17, 15) is 0 Å². The van der Waals surface area contributed by atoms with Gasteiger partial charge in [-0.2, -0.15) is 0 Å². The third-order valence-corrected chi connectivity index (χ3v) is 5.41. The monoisotopic (exact) mass is 321 g/mol. The van der Waals surface area contributed by atoms with Crippen molar-refractivity contribution in [3.63, 3.8) is 0 Å². The summed E-state index contributed by atoms with van der Waals surface area (Å²) in [5, 5.41) is 10.2. The maximum Gasteiger partial charge on any atom is 0.147 e. The fourth-order valence-corrected chi connectivity index (χ4v) is 3.82. The number of fused-ring (bicyclic) bond motifs is 2. The highest BCUT2D eigenvalue weighted by molar-refractivity contribution is 5.83. The molecule has 124 valence electrons. The standard InChI is InChI=1S/C19H23N5/c1-13-3-2-4-17-16(13)10-15(20-17)11-23-7-8-24-18(9-14-5-6-14)21-22-19(24)12-23/h2-4,10,14,20H,5-9,11-12H2,1H3. The second kappa shape index (κ2) is 5.45. The van der Waals surface area contributed by atoms with E-state index in [0.29, 0.717) is 0 Å². The summed E-state index contributed by atoms with van der Waals surface area (Å²) in [5.74, 6) is 3.20. The Hall–Kier alpha value is -2.14. The van der Waals surface area contributed by atoms with Crippen LogP contribution in [0.25, 0.3) is 10.9 Å². The van der Waals surface area contributed by atoms with Gasteiger partial charge in [0.2, 0.25) is 0 Å². The van der Waals surface area contributed by atoms with E-state index in [1.165, 1.54) is 40.8 Å². The molecule has 3 aromatic rings. The van der Waals surface area contributed by atoms with Gasteiger partial charge in [0.15, 0.2) is 0 Å². The first-order valence-electron chi connectivity index (χ1n) is 8.97. The lowest BCUT2D eigenvalue weighted by molar-refractivity contribution is 0.205. The average molecular weight is 321 g/mol. The van der Waals surface area contributed by atoms with Gasteiger partial charge in [0.1, 0.15) is 11.6 Å². The van der Waals surface area contributed by atoms with Crippen molar-refractivity contribution in [2.24, 2.45) is 5.92 Å². The normalized spacial score (nSPS) is 18.2. The van der Waals surface area contributed by atoms with Crippen LogP contribution in [0.3, 0.4) is 0 Å². The molecule has 1 aliphatic carbocycles. The number of aromatic nitrogens is 4. The number of aromatic amines is 1. The maximum atomic E-state index is 4.45. The Balaban J connectivity index is 1.33. The second-order valence-electron chi connectivity index (χ2n) is 7.37. The van der Waals surface area contributed by atoms with Gasteiger partial charge >= 0.3 is 0 Å². The van der Waals surface area contributed by atoms with Gasteiger partial charge in [-0.1, -0.05) is 12.1 Å². The van der Waals surface area contributed by atoms with Gasteiger partial charge in [-0.25, -0.2) is 0 Å². The summed E-state index contributed by atoms with van der Waals surface area (Å²) < 4.78 is 2.35. The van der Waals surface area contributed by atoms with Gasteiger partial charge in [0.25, 0.3) is 0 Å². The molecule has 1 aromatic carbocycles. The number of benzene rings is 1. The Bertz CT molecular complexity index is 886. The first-order valence-corrected chi connectivity index (χ1v) is 8.97. The zero-order valence-electron chi connectivity index (χ0n) is 14.1. The molecule has 0 atom stereocenters. The zero-order chi connectivity index (χ0) is 16.1. The summed E-state index contributed by atoms with van der Waals surface area (Å²) in [7, 11) is 0. The van der Waals surface area contributed by atoms with E-state index in [-0.39, 0.29) is 0 Å². The summed E-state index contributed by atoms with van der Waals surface area (Å²) in [5.41, 5.74) is 3.85. The van der Waals surface area contributed by atoms with Crippen molar-refractivity contribution in [2.75, 3.05) is 6.54 Å². The highest BCUT2D eigenvalue weighted by atomic mass is 15.3. The molecule has 2 aromatic heterocycles. The van der Waals surface area contributed by atoms with Crippen molar-refractivity contribution in [3.8, 4) is 0 Å². The number of rotatable bonds is 4. The Kier molecular flexibility index (Phi) is 3.23. The fraction of sp³-hybridized carbons (Fsp3) is 0.474. The topological polar surface area (TPSA) is 49.7 Å². The molecule has 1 aliphatic heterocycles. The number of nitrogens with zero attached hydrogens (tertiary/aromatic N) is 4. The van der Waals surface area contributed by atoms with Crippen molar-refractivity contribution >= 4 is 10.9 Å². The smallest absolute Gasteiger partial charge is 0.147 e. The lowest BCUT2D eigenvalue weighted by Crippen LogP contribution is -2.34. The van der Waals surface area contributed by atoms with Crippen LogP contribution in [0.4, 0.5) is 0 Å². The number of aryl methyl sites for hydroxylation is 1. The summed E-state index contributed by atoms with van der Waals surface area (Å²) in [4.78, 5) is 6.03. The minimum Gasteiger partial charge on any atom is -0.357 e. The van der Waals surface area contributed by atoms with Crippen molar-refractivity contribution in [1.82, 2.24) is 24.6 Å². The fourth-order valence-electron chi connectivity index (χ4n) is 3.82. The molecular formula is C19H23N5. The zero-order valence-corrected chi connectivity index (χ0v) is 14.1. The third-order valence-electron chi connectivity index (χ3n) is 5.41. The summed E-state index contributed by atoms with van der Waals surface area (Å²) in [6, 6.07) is 8.73. The molecule has 24 heavy (non-hydrogen) atoms. The van der Waals surface area contributed by atoms with Crippen LogP contribution in [-0.2, 0) is 26.1 Å². The number of hydrogen-bond acceptors (Lipinski definition) is 3. The molecule has 0 radical (unpaired) electrons. The minimum absolute atomic E-state index is 0.867. The van der Waals surface area contributed by atoms with Gasteiger partial charge in [-0.3, -0.25) is 4.90 Å². The molecular weight excluding hydrogens is 298 g/mol. The molecule has 0 bridgehead atoms. The summed E-state index contributed by atoms with van der Waals surface area (Å²) >= 11 is 0. The van der Waals surface area contributed by atoms with E-state index in [4.69, 9.17) is 0 Å². The highest BCUT2D eigenvalue weighted by Gasteiger charge is 2.27. The lowest BCUT2D eigenvalue weighted by atomic mass is 10.1. The molecule has 0 spiro atoms. The van der Waals surface area contributed by atoms with E-state index >= 15 is 0 Å². The minimum atomic E-state index is 0.867. The largest absolute Gasteiger partial charge is 0.357 e. The van der Waals surface area contributed by atoms with Crippen molar-refractivity contribution in [1.29, 1.82) is 0 Å². The van der Waals surface area contributed by atoms with Crippen molar-refractivity contribution < 1.29 is 0 Å². The maximum absolute atomic E-state index is 4.45. The van der Waals surface area contributed by atoms with Crippen molar-refractivity contribution in [2.45, 2.75) is 45.8 Å². The van der Waals surface area contributed by atoms with Gasteiger partial charge < -0.3 is 9.55 Å². The van der Waals surface area contributed by atoms with Crippen LogP contribution >= 0.6 is 0 Å². The second-order valence-corrected chi connectivity index (χ2v) is 7.37. The SMILES string of the molecule is Cc1cccc2[nH]c(CN3CCn4c(CC5CC5)nnc4C3)cc12. The predicted octanol–water partition coefficient (Wildman–Crippen LogP) is 3.04. The van der Waals surface area contributed by atoms with Crippen LogP contribution in [0.1, 0.15) is 35.7 Å². The lowest BCUT2D eigenvalue weighted by Gasteiger charge is -2.27. The van der Waals surface area contributed by atoms with Crippen molar-refractivity contribution in [3.05, 3.63) is 47.2 Å². The summed E-state index contributed by atoms with van der Waals surface area (Å²) in [6.45, 7) is 6.09. The van der Waals surface area contributed by atoms with Gasteiger partial charge in [-0.15, -0.1) is 10.2 Å². The Labute approximate surface area is 141 Å². The van der Waals surface area contributed by atoms with E-state index in [0.717, 1.165) is 44.3 Å². The van der Waals surface area contributed by atoms with Gasteiger partial charge in [0.05, 0.1) is 6.54 Å². The quantitative estimate of drug-likeness (QED) is 0.803. The van der Waals surface area contributed by atoms with Crippen LogP contribution in [0.5, 0.6) is 0 Å². The highest BCUT2D eigenvalue weighted by Crippen LogP contribution is 2.32. The Morgan fingerprint density at radius 1 is 1.21 bits per heavy atom. The van der Waals surface area contributed by atoms with Crippen LogP contribution in [0.15, 0.2) is 24.3 Å². The van der Waals surface area contributed by atoms with Gasteiger partial charge in [-0.05, 0) is 43.4 Å². The van der Waals surface area contributed by atoms with Gasteiger partial charge in [0, 0.05) is 42.7 Å². The Morgan fingerprint density at radius 2 is 2.12 bits per heavy atom. The summed E-state index contributed by atoms with van der Waals surface area (Å²) in [6.07, 6.45) is 3.86. The molecule has 1 N–H and O–H groups in total. The first-order chi connectivity index (χ1) is 11.8. The molecule has 1 saturated carbocycles. The van der Waals surface area contributed by atoms with E-state index in [1.54, 1.807) is 0 Å². The van der Waals surface area contributed by atoms with Crippen LogP contribution in [-0.4, -0.2) is 31.2 Å². The molecule has 5 nitrogen and oxygen atoms in total. The van der Waals surface area contributed by atoms with Crippen LogP contribution < -0.4 is 0 Å². The van der Waals surface area contributed by atoms with E-state index < -0.39 is 0 Å². The number of hydrogen-bond donors (Lipinski definition) is 1. The molecule has 3 heterocycles. The van der Waals surface area contributed by atoms with Crippen LogP contribution in [0.2, 0.25) is 0 Å². The average Bonchev–Trinajstić information content (AvgIpc) is 3.15. The number of nitrogens with one attached hydrogen (secondary N) is 1. The molecule has 5 heteroatoms. The van der Waals surface area contributed by atoms with Crippen LogP contribution in [0, 0.1) is 12.8 Å². The molecule has 0 unspecified atom stereocenters. The number of H-pyrrole nitrogens is 1. The third kappa shape index (κ3) is 2.53. The molecule has 5 rings (SSSR count). The predicted molar refractivity (Wildman–Crippen MR) is 93.6 cm³/mol. The molecule has 0 saturated heterocycles. The molecule has 0 amide bonds. The first kappa shape index (κ1) is 14.2. The van der Waals surface area contributed by atoms with E-state index in [1.807, 2.05) is 0 Å².